The van der Waals surface area contributed by atoms with Crippen molar-refractivity contribution in [3.8, 4) is 11.5 Å². The van der Waals surface area contributed by atoms with E-state index in [1.807, 2.05) is 25.1 Å². The molecule has 1 heterocycles. The summed E-state index contributed by atoms with van der Waals surface area (Å²) in [5.74, 6) is 1.04. The molecule has 0 radical (unpaired) electrons. The molecular formula is C25H31NO5. The Kier molecular flexibility index (Phi) is 6.35. The number of rotatable bonds is 5. The topological polar surface area (TPSA) is 77.6 Å². The van der Waals surface area contributed by atoms with E-state index < -0.39 is 0 Å². The molecule has 2 aliphatic carbocycles. The van der Waals surface area contributed by atoms with Crippen LogP contribution in [-0.2, 0) is 11.2 Å². The molecule has 166 valence electrons. The van der Waals surface area contributed by atoms with Crippen molar-refractivity contribution in [1.82, 2.24) is 4.98 Å². The molecule has 4 rings (SSSR count). The van der Waals surface area contributed by atoms with E-state index in [1.165, 1.54) is 12.8 Å². The molecule has 6 heteroatoms. The van der Waals surface area contributed by atoms with Gasteiger partial charge in [0, 0.05) is 17.7 Å². The summed E-state index contributed by atoms with van der Waals surface area (Å²) < 4.78 is 16.5. The van der Waals surface area contributed by atoms with Gasteiger partial charge < -0.3 is 19.2 Å². The van der Waals surface area contributed by atoms with Gasteiger partial charge in [0.15, 0.2) is 17.3 Å². The second kappa shape index (κ2) is 9.16. The van der Waals surface area contributed by atoms with Crippen LogP contribution in [0.3, 0.4) is 0 Å². The van der Waals surface area contributed by atoms with Crippen LogP contribution in [0.4, 0.5) is 0 Å². The summed E-state index contributed by atoms with van der Waals surface area (Å²) in [5, 5.41) is 0. The number of ether oxygens (including phenoxy) is 3. The Morgan fingerprint density at radius 3 is 2.39 bits per heavy atom. The molecule has 1 aromatic heterocycles. The molecule has 0 amide bonds. The highest BCUT2D eigenvalue weighted by Gasteiger charge is 2.33. The van der Waals surface area contributed by atoms with E-state index in [-0.39, 0.29) is 23.8 Å². The summed E-state index contributed by atoms with van der Waals surface area (Å²) in [6, 6.07) is 5.77. The minimum atomic E-state index is -0.339. The number of hydrogen-bond acceptors (Lipinski definition) is 5. The normalized spacial score (nSPS) is 19.5. The summed E-state index contributed by atoms with van der Waals surface area (Å²) in [7, 11) is 3.21. The average Bonchev–Trinajstić information content (AvgIpc) is 2.93. The Bertz CT molecular complexity index is 969. The van der Waals surface area contributed by atoms with Crippen molar-refractivity contribution in [2.24, 2.45) is 0 Å². The van der Waals surface area contributed by atoms with Crippen molar-refractivity contribution in [3.63, 3.8) is 0 Å². The van der Waals surface area contributed by atoms with Gasteiger partial charge in [0.05, 0.1) is 14.2 Å². The first-order valence-corrected chi connectivity index (χ1v) is 11.2. The van der Waals surface area contributed by atoms with Gasteiger partial charge in [0.2, 0.25) is 0 Å². The molecule has 6 nitrogen and oxygen atoms in total. The van der Waals surface area contributed by atoms with Gasteiger partial charge in [0.1, 0.15) is 11.8 Å². The lowest BCUT2D eigenvalue weighted by Crippen LogP contribution is -2.18. The van der Waals surface area contributed by atoms with Crippen molar-refractivity contribution < 1.29 is 23.8 Å². The Labute approximate surface area is 183 Å². The van der Waals surface area contributed by atoms with Gasteiger partial charge in [-0.3, -0.25) is 4.79 Å². The van der Waals surface area contributed by atoms with Crippen LogP contribution in [0.1, 0.15) is 88.5 Å². The molecule has 2 aromatic rings. The third-order valence-corrected chi connectivity index (χ3v) is 6.65. The molecule has 31 heavy (non-hydrogen) atoms. The third-order valence-electron chi connectivity index (χ3n) is 6.65. The highest BCUT2D eigenvalue weighted by Crippen LogP contribution is 2.38. The van der Waals surface area contributed by atoms with Crippen LogP contribution in [0.2, 0.25) is 0 Å². The minimum absolute atomic E-state index is 0.0172. The molecule has 1 N–H and O–H groups in total. The van der Waals surface area contributed by atoms with E-state index in [2.05, 4.69) is 4.98 Å². The molecule has 0 saturated heterocycles. The number of H-pyrrole nitrogens is 1. The van der Waals surface area contributed by atoms with Crippen LogP contribution in [-0.4, -0.2) is 37.1 Å². The number of aromatic nitrogens is 1. The lowest BCUT2D eigenvalue weighted by Gasteiger charge is -2.23. The summed E-state index contributed by atoms with van der Waals surface area (Å²) in [6.07, 6.45) is 7.49. The van der Waals surface area contributed by atoms with Crippen LogP contribution < -0.4 is 9.47 Å². The lowest BCUT2D eigenvalue weighted by atomic mass is 9.81. The number of aromatic amines is 1. The molecular weight excluding hydrogens is 394 g/mol. The van der Waals surface area contributed by atoms with Gasteiger partial charge in [-0.05, 0) is 68.2 Å². The number of nitrogens with one attached hydrogen (secondary N) is 1. The van der Waals surface area contributed by atoms with Crippen molar-refractivity contribution in [2.75, 3.05) is 14.2 Å². The number of carbonyl (C=O) groups is 2. The number of Topliss-reactive ketones (excluding diaryl/α,β-unsaturated/α-hetero) is 1. The van der Waals surface area contributed by atoms with E-state index >= 15 is 0 Å². The first-order valence-electron chi connectivity index (χ1n) is 11.2. The van der Waals surface area contributed by atoms with Crippen molar-refractivity contribution in [3.05, 3.63) is 46.3 Å². The lowest BCUT2D eigenvalue weighted by molar-refractivity contribution is 0.0260. The molecule has 0 bridgehead atoms. The summed E-state index contributed by atoms with van der Waals surface area (Å²) >= 11 is 0. The number of methoxy groups -OCH3 is 2. The van der Waals surface area contributed by atoms with Crippen LogP contribution in [0.5, 0.6) is 11.5 Å². The first kappa shape index (κ1) is 21.5. The van der Waals surface area contributed by atoms with E-state index in [9.17, 15) is 9.59 Å². The number of esters is 1. The van der Waals surface area contributed by atoms with Gasteiger partial charge in [-0.2, -0.15) is 0 Å². The van der Waals surface area contributed by atoms with Gasteiger partial charge in [0.25, 0.3) is 0 Å². The zero-order valence-corrected chi connectivity index (χ0v) is 18.6. The fourth-order valence-electron chi connectivity index (χ4n) is 4.95. The monoisotopic (exact) mass is 425 g/mol. The molecule has 0 spiro atoms. The second-order valence-electron chi connectivity index (χ2n) is 8.64. The summed E-state index contributed by atoms with van der Waals surface area (Å²) in [4.78, 5) is 29.1. The van der Waals surface area contributed by atoms with Crippen molar-refractivity contribution >= 4 is 11.8 Å². The predicted octanol–water partition coefficient (Wildman–Crippen LogP) is 5.13. The van der Waals surface area contributed by atoms with Crippen molar-refractivity contribution in [1.29, 1.82) is 0 Å². The number of fused-ring (bicyclic) bond motifs is 1. The second-order valence-corrected chi connectivity index (χ2v) is 8.64. The zero-order valence-electron chi connectivity index (χ0n) is 18.6. The van der Waals surface area contributed by atoms with Crippen LogP contribution >= 0.6 is 0 Å². The molecule has 1 aromatic carbocycles. The maximum Gasteiger partial charge on any atom is 0.355 e. The third kappa shape index (κ3) is 4.34. The predicted molar refractivity (Wildman–Crippen MR) is 117 cm³/mol. The number of hydrogen-bond donors (Lipinski definition) is 1. The highest BCUT2D eigenvalue weighted by molar-refractivity contribution is 6.03. The van der Waals surface area contributed by atoms with Crippen molar-refractivity contribution in [2.45, 2.75) is 70.3 Å². The van der Waals surface area contributed by atoms with Crippen LogP contribution in [0.25, 0.3) is 0 Å². The number of carbonyl (C=O) groups excluding carboxylic acids is 2. The molecule has 1 saturated carbocycles. The highest BCUT2D eigenvalue weighted by atomic mass is 16.5. The maximum atomic E-state index is 13.0. The van der Waals surface area contributed by atoms with E-state index in [1.54, 1.807) is 14.2 Å². The summed E-state index contributed by atoms with van der Waals surface area (Å²) in [6.45, 7) is 1.84. The maximum absolute atomic E-state index is 13.0. The molecule has 2 aliphatic rings. The molecule has 0 aliphatic heterocycles. The van der Waals surface area contributed by atoms with Gasteiger partial charge >= 0.3 is 5.97 Å². The van der Waals surface area contributed by atoms with Gasteiger partial charge in [-0.25, -0.2) is 4.79 Å². The van der Waals surface area contributed by atoms with Gasteiger partial charge in [-0.1, -0.05) is 18.9 Å². The molecule has 0 unspecified atom stereocenters. The Morgan fingerprint density at radius 1 is 1.00 bits per heavy atom. The standard InChI is InChI=1S/C25H31NO5/c1-15-23-19(26-24(15)25(28)31-18-8-6-4-5-7-9-18)12-17(13-20(23)27)16-10-11-21(29-2)22(14-16)30-3/h10-11,14,17-18,26H,4-9,12-13H2,1-3H3/t17-/m1/s1. The summed E-state index contributed by atoms with van der Waals surface area (Å²) in [5.41, 5.74) is 3.64. The van der Waals surface area contributed by atoms with Gasteiger partial charge in [-0.15, -0.1) is 0 Å². The fraction of sp³-hybridized carbons (Fsp3) is 0.520. The van der Waals surface area contributed by atoms with Crippen LogP contribution in [0, 0.1) is 6.92 Å². The Hall–Kier alpha value is -2.76. The van der Waals surface area contributed by atoms with E-state index in [4.69, 9.17) is 14.2 Å². The molecule has 1 fully saturated rings. The zero-order chi connectivity index (χ0) is 22.0. The van der Waals surface area contributed by atoms with E-state index in [0.717, 1.165) is 36.9 Å². The van der Waals surface area contributed by atoms with Crippen LogP contribution in [0.15, 0.2) is 18.2 Å². The SMILES string of the molecule is COc1ccc([C@H]2CC(=O)c3c([nH]c(C(=O)OC4CCCCCC4)c3C)C2)cc1OC. The minimum Gasteiger partial charge on any atom is -0.493 e. The largest absolute Gasteiger partial charge is 0.493 e. The average molecular weight is 426 g/mol. The number of ketones is 1. The molecule has 1 atom stereocenters. The Morgan fingerprint density at radius 2 is 1.71 bits per heavy atom. The smallest absolute Gasteiger partial charge is 0.355 e. The fourth-order valence-corrected chi connectivity index (χ4v) is 4.95. The first-order chi connectivity index (χ1) is 15.0. The van der Waals surface area contributed by atoms with E-state index in [0.29, 0.717) is 41.2 Å². The number of benzene rings is 1. The quantitative estimate of drug-likeness (QED) is 0.531. The Balaban J connectivity index is 1.55.